The van der Waals surface area contributed by atoms with E-state index in [1.165, 1.54) is 24.4 Å². The Morgan fingerprint density at radius 2 is 2.00 bits per heavy atom. The van der Waals surface area contributed by atoms with Crippen LogP contribution in [0.5, 0.6) is 0 Å². The fourth-order valence-corrected chi connectivity index (χ4v) is 2.87. The zero-order valence-corrected chi connectivity index (χ0v) is 13.4. The molecule has 0 radical (unpaired) electrons. The fraction of sp³-hybridized carbons (Fsp3) is 0.294. The number of halogens is 1. The van der Waals surface area contributed by atoms with Crippen LogP contribution in [-0.2, 0) is 6.54 Å². The van der Waals surface area contributed by atoms with Gasteiger partial charge >= 0.3 is 0 Å². The molecule has 1 aliphatic rings. The molecule has 1 aromatic carbocycles. The van der Waals surface area contributed by atoms with Gasteiger partial charge in [-0.1, -0.05) is 6.07 Å². The molecule has 2 aromatic rings. The predicted molar refractivity (Wildman–Crippen MR) is 89.5 cm³/mol. The van der Waals surface area contributed by atoms with Crippen LogP contribution in [0.25, 0.3) is 0 Å². The molecule has 25 heavy (non-hydrogen) atoms. The molecular formula is C17H16FN5O2. The first-order valence-electron chi connectivity index (χ1n) is 7.83. The van der Waals surface area contributed by atoms with Crippen molar-refractivity contribution in [1.29, 1.82) is 5.26 Å². The van der Waals surface area contributed by atoms with Crippen LogP contribution in [0.4, 0.5) is 15.9 Å². The van der Waals surface area contributed by atoms with Crippen molar-refractivity contribution in [2.24, 2.45) is 0 Å². The number of hydrogen-bond acceptors (Lipinski definition) is 6. The summed E-state index contributed by atoms with van der Waals surface area (Å²) in [5.41, 5.74) is 0.447. The van der Waals surface area contributed by atoms with Gasteiger partial charge in [0.05, 0.1) is 16.1 Å². The Hall–Kier alpha value is -3.05. The van der Waals surface area contributed by atoms with Crippen molar-refractivity contribution in [3.8, 4) is 6.07 Å². The number of anilines is 1. The van der Waals surface area contributed by atoms with E-state index in [4.69, 9.17) is 5.26 Å². The van der Waals surface area contributed by atoms with Crippen molar-refractivity contribution < 1.29 is 9.31 Å². The Bertz CT molecular complexity index is 811. The van der Waals surface area contributed by atoms with Crippen LogP contribution in [0, 0.1) is 27.3 Å². The molecule has 3 rings (SSSR count). The van der Waals surface area contributed by atoms with Gasteiger partial charge in [-0.3, -0.25) is 15.0 Å². The highest BCUT2D eigenvalue weighted by Gasteiger charge is 2.23. The van der Waals surface area contributed by atoms with Crippen LogP contribution in [0.15, 0.2) is 36.5 Å². The van der Waals surface area contributed by atoms with Gasteiger partial charge in [-0.15, -0.1) is 0 Å². The molecular weight excluding hydrogens is 325 g/mol. The molecule has 0 bridgehead atoms. The SMILES string of the molecule is N#Cc1ccc(N2CCN(Cc3c(F)cccc3[N+](=O)[O-])CC2)nc1. The van der Waals surface area contributed by atoms with E-state index in [9.17, 15) is 14.5 Å². The van der Waals surface area contributed by atoms with Crippen LogP contribution in [0.1, 0.15) is 11.1 Å². The lowest BCUT2D eigenvalue weighted by Crippen LogP contribution is -2.46. The highest BCUT2D eigenvalue weighted by atomic mass is 19.1. The van der Waals surface area contributed by atoms with Crippen molar-refractivity contribution in [1.82, 2.24) is 9.88 Å². The molecule has 0 aliphatic carbocycles. The second kappa shape index (κ2) is 7.23. The Labute approximate surface area is 144 Å². The molecule has 1 aromatic heterocycles. The molecule has 0 unspecified atom stereocenters. The summed E-state index contributed by atoms with van der Waals surface area (Å²) in [5, 5.41) is 19.9. The van der Waals surface area contributed by atoms with Crippen molar-refractivity contribution in [3.05, 3.63) is 63.6 Å². The number of rotatable bonds is 4. The largest absolute Gasteiger partial charge is 0.354 e. The smallest absolute Gasteiger partial charge is 0.276 e. The Kier molecular flexibility index (Phi) is 4.86. The van der Waals surface area contributed by atoms with E-state index in [2.05, 4.69) is 9.88 Å². The predicted octanol–water partition coefficient (Wildman–Crippen LogP) is 2.32. The molecule has 8 heteroatoms. The number of nitriles is 1. The molecule has 128 valence electrons. The van der Waals surface area contributed by atoms with Crippen molar-refractivity contribution in [2.75, 3.05) is 31.1 Å². The van der Waals surface area contributed by atoms with Gasteiger partial charge in [0.1, 0.15) is 17.7 Å². The number of piperazine rings is 1. The van der Waals surface area contributed by atoms with Crippen LogP contribution in [0.3, 0.4) is 0 Å². The quantitative estimate of drug-likeness (QED) is 0.627. The molecule has 1 saturated heterocycles. The highest BCUT2D eigenvalue weighted by molar-refractivity contribution is 5.43. The number of pyridine rings is 1. The molecule has 7 nitrogen and oxygen atoms in total. The van der Waals surface area contributed by atoms with Crippen LogP contribution < -0.4 is 4.90 Å². The topological polar surface area (TPSA) is 86.3 Å². The minimum absolute atomic E-state index is 0.123. The van der Waals surface area contributed by atoms with Crippen molar-refractivity contribution >= 4 is 11.5 Å². The van der Waals surface area contributed by atoms with E-state index in [1.54, 1.807) is 12.1 Å². The molecule has 2 heterocycles. The minimum Gasteiger partial charge on any atom is -0.354 e. The average Bonchev–Trinajstić information content (AvgIpc) is 2.64. The number of benzene rings is 1. The van der Waals surface area contributed by atoms with Gasteiger partial charge in [0.2, 0.25) is 0 Å². The van der Waals surface area contributed by atoms with E-state index < -0.39 is 10.7 Å². The van der Waals surface area contributed by atoms with Gasteiger partial charge < -0.3 is 4.90 Å². The highest BCUT2D eigenvalue weighted by Crippen LogP contribution is 2.24. The summed E-state index contributed by atoms with van der Waals surface area (Å²) in [6.45, 7) is 2.86. The number of aromatic nitrogens is 1. The molecule has 0 amide bonds. The second-order valence-electron chi connectivity index (χ2n) is 5.77. The van der Waals surface area contributed by atoms with E-state index in [0.717, 1.165) is 5.82 Å². The van der Waals surface area contributed by atoms with Crippen LogP contribution in [-0.4, -0.2) is 41.0 Å². The summed E-state index contributed by atoms with van der Waals surface area (Å²) in [6, 6.07) is 9.48. The Morgan fingerprint density at radius 1 is 1.24 bits per heavy atom. The van der Waals surface area contributed by atoms with Crippen LogP contribution in [0.2, 0.25) is 0 Å². The van der Waals surface area contributed by atoms with Crippen LogP contribution >= 0.6 is 0 Å². The molecule has 0 atom stereocenters. The standard InChI is InChI=1S/C17H16FN5O2/c18-15-2-1-3-16(23(24)25)14(15)12-21-6-8-22(9-7-21)17-5-4-13(10-19)11-20-17/h1-5,11H,6-9,12H2. The third-order valence-corrected chi connectivity index (χ3v) is 4.25. The maximum atomic E-state index is 14.0. The van der Waals surface area contributed by atoms with Gasteiger partial charge in [-0.25, -0.2) is 9.37 Å². The lowest BCUT2D eigenvalue weighted by atomic mass is 10.1. The number of nitrogens with zero attached hydrogens (tertiary/aromatic N) is 5. The number of nitro groups is 1. The first-order valence-corrected chi connectivity index (χ1v) is 7.83. The normalized spacial score (nSPS) is 15.0. The van der Waals surface area contributed by atoms with E-state index in [-0.39, 0.29) is 17.8 Å². The van der Waals surface area contributed by atoms with E-state index >= 15 is 0 Å². The maximum absolute atomic E-state index is 14.0. The fourth-order valence-electron chi connectivity index (χ4n) is 2.87. The van der Waals surface area contributed by atoms with Gasteiger partial charge in [-0.05, 0) is 18.2 Å². The lowest BCUT2D eigenvalue weighted by molar-refractivity contribution is -0.386. The van der Waals surface area contributed by atoms with Gasteiger partial charge in [0, 0.05) is 45.0 Å². The lowest BCUT2D eigenvalue weighted by Gasteiger charge is -2.35. The molecule has 1 aliphatic heterocycles. The summed E-state index contributed by atoms with van der Waals surface area (Å²) in [4.78, 5) is 18.9. The maximum Gasteiger partial charge on any atom is 0.276 e. The van der Waals surface area contributed by atoms with Gasteiger partial charge in [-0.2, -0.15) is 5.26 Å². The van der Waals surface area contributed by atoms with Gasteiger partial charge in [0.15, 0.2) is 0 Å². The number of hydrogen-bond donors (Lipinski definition) is 0. The van der Waals surface area contributed by atoms with Crippen molar-refractivity contribution in [2.45, 2.75) is 6.54 Å². The third-order valence-electron chi connectivity index (χ3n) is 4.25. The molecule has 0 saturated carbocycles. The molecule has 1 fully saturated rings. The number of nitro benzene ring substituents is 1. The second-order valence-corrected chi connectivity index (χ2v) is 5.77. The summed E-state index contributed by atoms with van der Waals surface area (Å²) in [5.74, 6) is 0.237. The Balaban J connectivity index is 1.65. The molecule has 0 spiro atoms. The zero-order valence-electron chi connectivity index (χ0n) is 13.4. The van der Waals surface area contributed by atoms with Gasteiger partial charge in [0.25, 0.3) is 5.69 Å². The average molecular weight is 341 g/mol. The van der Waals surface area contributed by atoms with Crippen molar-refractivity contribution in [3.63, 3.8) is 0 Å². The monoisotopic (exact) mass is 341 g/mol. The first-order chi connectivity index (χ1) is 12.1. The summed E-state index contributed by atoms with van der Waals surface area (Å²) >= 11 is 0. The van der Waals surface area contributed by atoms with E-state index in [0.29, 0.717) is 31.7 Å². The summed E-state index contributed by atoms with van der Waals surface area (Å²) in [7, 11) is 0. The third kappa shape index (κ3) is 3.72. The summed E-state index contributed by atoms with van der Waals surface area (Å²) < 4.78 is 14.0. The zero-order chi connectivity index (χ0) is 17.8. The minimum atomic E-state index is -0.551. The first kappa shape index (κ1) is 16.8. The Morgan fingerprint density at radius 3 is 2.60 bits per heavy atom. The molecule has 0 N–H and O–H groups in total. The van der Waals surface area contributed by atoms with E-state index in [1.807, 2.05) is 11.0 Å². The summed E-state index contributed by atoms with van der Waals surface area (Å²) in [6.07, 6.45) is 1.53.